The van der Waals surface area contributed by atoms with Crippen LogP contribution >= 0.6 is 0 Å². The molecule has 1 aliphatic heterocycles. The Morgan fingerprint density at radius 1 is 1.39 bits per heavy atom. The predicted molar refractivity (Wildman–Crippen MR) is 88.3 cm³/mol. The first-order valence-corrected chi connectivity index (χ1v) is 7.41. The zero-order chi connectivity index (χ0) is 16.8. The number of carbonyl (C=O) groups is 1. The zero-order valence-corrected chi connectivity index (χ0v) is 13.0. The summed E-state index contributed by atoms with van der Waals surface area (Å²) >= 11 is 0. The lowest BCUT2D eigenvalue weighted by molar-refractivity contribution is 0.0694. The van der Waals surface area contributed by atoms with Crippen LogP contribution in [-0.4, -0.2) is 39.7 Å². The van der Waals surface area contributed by atoms with Crippen molar-refractivity contribution in [3.8, 4) is 5.75 Å². The Balaban J connectivity index is 0.000000168. The summed E-state index contributed by atoms with van der Waals surface area (Å²) in [6, 6.07) is 8.67. The van der Waals surface area contributed by atoms with Crippen LogP contribution in [0.15, 0.2) is 42.7 Å². The second-order valence-electron chi connectivity index (χ2n) is 5.51. The number of carboxylic acids is 1. The molecule has 2 aromatic rings. The van der Waals surface area contributed by atoms with E-state index in [-0.39, 0.29) is 11.3 Å². The van der Waals surface area contributed by atoms with Crippen molar-refractivity contribution in [1.29, 1.82) is 0 Å². The number of anilines is 1. The second kappa shape index (κ2) is 7.60. The van der Waals surface area contributed by atoms with Gasteiger partial charge in [-0.15, -0.1) is 0 Å². The molecule has 122 valence electrons. The highest BCUT2D eigenvalue weighted by Gasteiger charge is 2.21. The number of phenols is 1. The molecule has 0 saturated carbocycles. The van der Waals surface area contributed by atoms with Crippen molar-refractivity contribution < 1.29 is 15.0 Å². The molecule has 2 heterocycles. The van der Waals surface area contributed by atoms with E-state index in [9.17, 15) is 4.79 Å². The van der Waals surface area contributed by atoms with Gasteiger partial charge in [-0.05, 0) is 50.2 Å². The minimum Gasteiger partial charge on any atom is -0.507 e. The number of carboxylic acid groups (broad SMARTS) is 1. The van der Waals surface area contributed by atoms with Crippen LogP contribution in [0.3, 0.4) is 0 Å². The van der Waals surface area contributed by atoms with Crippen molar-refractivity contribution in [2.45, 2.75) is 18.9 Å². The second-order valence-corrected chi connectivity index (χ2v) is 5.51. The van der Waals surface area contributed by atoms with Crippen LogP contribution < -0.4 is 5.73 Å². The van der Waals surface area contributed by atoms with E-state index in [1.165, 1.54) is 43.1 Å². The summed E-state index contributed by atoms with van der Waals surface area (Å²) in [5.74, 6) is -1.47. The molecule has 3 rings (SSSR count). The van der Waals surface area contributed by atoms with Gasteiger partial charge in [-0.2, -0.15) is 0 Å². The Bertz CT molecular complexity index is 661. The van der Waals surface area contributed by atoms with Gasteiger partial charge in [-0.3, -0.25) is 9.88 Å². The summed E-state index contributed by atoms with van der Waals surface area (Å²) in [4.78, 5) is 16.9. The van der Waals surface area contributed by atoms with Crippen molar-refractivity contribution in [2.24, 2.45) is 0 Å². The highest BCUT2D eigenvalue weighted by molar-refractivity contribution is 5.91. The topological polar surface area (TPSA) is 99.7 Å². The third-order valence-corrected chi connectivity index (χ3v) is 3.84. The minimum absolute atomic E-state index is 0.140. The summed E-state index contributed by atoms with van der Waals surface area (Å²) in [5.41, 5.74) is 6.83. The quantitative estimate of drug-likeness (QED) is 0.736. The molecule has 1 aromatic carbocycles. The third-order valence-electron chi connectivity index (χ3n) is 3.84. The van der Waals surface area contributed by atoms with Crippen molar-refractivity contribution in [2.75, 3.05) is 19.3 Å². The number of nitrogens with two attached hydrogens (primary N) is 1. The van der Waals surface area contributed by atoms with Crippen LogP contribution in [0.25, 0.3) is 0 Å². The Morgan fingerprint density at radius 3 is 2.70 bits per heavy atom. The highest BCUT2D eigenvalue weighted by atomic mass is 16.4. The number of nitrogens with zero attached hydrogens (tertiary/aromatic N) is 2. The molecule has 1 saturated heterocycles. The van der Waals surface area contributed by atoms with Gasteiger partial charge in [0, 0.05) is 30.2 Å². The summed E-state index contributed by atoms with van der Waals surface area (Å²) in [5, 5.41) is 17.5. The third kappa shape index (κ3) is 4.43. The van der Waals surface area contributed by atoms with Gasteiger partial charge in [-0.25, -0.2) is 4.79 Å². The summed E-state index contributed by atoms with van der Waals surface area (Å²) < 4.78 is 0. The van der Waals surface area contributed by atoms with Crippen LogP contribution in [0.1, 0.15) is 34.8 Å². The molecule has 6 nitrogen and oxygen atoms in total. The predicted octanol–water partition coefficient (Wildman–Crippen LogP) is 2.52. The maximum atomic E-state index is 10.3. The molecule has 0 amide bonds. The van der Waals surface area contributed by atoms with Crippen LogP contribution in [0.2, 0.25) is 0 Å². The fraction of sp³-hybridized carbons (Fsp3) is 0.294. The molecular weight excluding hydrogens is 294 g/mol. The molecule has 0 radical (unpaired) electrons. The molecule has 0 bridgehead atoms. The number of likely N-dealkylation sites (tertiary alicyclic amines) is 1. The number of nitrogen functional groups attached to an aromatic ring is 1. The first-order chi connectivity index (χ1) is 11.0. The number of hydrogen-bond acceptors (Lipinski definition) is 5. The van der Waals surface area contributed by atoms with E-state index < -0.39 is 5.97 Å². The van der Waals surface area contributed by atoms with Gasteiger partial charge in [0.1, 0.15) is 11.3 Å². The van der Waals surface area contributed by atoms with Crippen molar-refractivity contribution in [1.82, 2.24) is 9.88 Å². The van der Waals surface area contributed by atoms with Gasteiger partial charge < -0.3 is 15.9 Å². The van der Waals surface area contributed by atoms with E-state index in [0.717, 1.165) is 0 Å². The number of aromatic hydroxyl groups is 1. The largest absolute Gasteiger partial charge is 0.507 e. The Kier molecular flexibility index (Phi) is 5.54. The molecule has 1 aliphatic rings. The Hall–Kier alpha value is -2.60. The summed E-state index contributed by atoms with van der Waals surface area (Å²) in [7, 11) is 2.19. The minimum atomic E-state index is -1.16. The van der Waals surface area contributed by atoms with E-state index in [4.69, 9.17) is 15.9 Å². The fourth-order valence-electron chi connectivity index (χ4n) is 2.63. The summed E-state index contributed by atoms with van der Waals surface area (Å²) in [6.45, 7) is 1.22. The zero-order valence-electron chi connectivity index (χ0n) is 13.0. The highest BCUT2D eigenvalue weighted by Crippen LogP contribution is 2.29. The number of pyridine rings is 1. The molecule has 6 heteroatoms. The van der Waals surface area contributed by atoms with Crippen LogP contribution in [0.5, 0.6) is 5.75 Å². The fourth-order valence-corrected chi connectivity index (χ4v) is 2.63. The molecule has 1 unspecified atom stereocenters. The normalized spacial score (nSPS) is 17.3. The number of benzene rings is 1. The molecule has 23 heavy (non-hydrogen) atoms. The molecule has 1 aromatic heterocycles. The number of aromatic carboxylic acids is 1. The molecule has 0 aliphatic carbocycles. The molecule has 0 spiro atoms. The van der Waals surface area contributed by atoms with E-state index in [2.05, 4.69) is 23.0 Å². The number of aromatic nitrogens is 1. The lowest BCUT2D eigenvalue weighted by atomic mass is 10.1. The lowest BCUT2D eigenvalue weighted by Crippen LogP contribution is -2.17. The number of hydrogen-bond donors (Lipinski definition) is 3. The van der Waals surface area contributed by atoms with E-state index in [1.54, 1.807) is 0 Å². The number of rotatable bonds is 2. The van der Waals surface area contributed by atoms with Gasteiger partial charge in [0.2, 0.25) is 0 Å². The van der Waals surface area contributed by atoms with Gasteiger partial charge in [0.05, 0.1) is 0 Å². The van der Waals surface area contributed by atoms with E-state index >= 15 is 0 Å². The van der Waals surface area contributed by atoms with Crippen molar-refractivity contribution in [3.63, 3.8) is 0 Å². The van der Waals surface area contributed by atoms with Gasteiger partial charge in [0.25, 0.3) is 0 Å². The average Bonchev–Trinajstić information content (AvgIpc) is 2.94. The van der Waals surface area contributed by atoms with Crippen molar-refractivity contribution in [3.05, 3.63) is 53.9 Å². The smallest absolute Gasteiger partial charge is 0.339 e. The first kappa shape index (κ1) is 16.8. The van der Waals surface area contributed by atoms with Crippen LogP contribution in [0.4, 0.5) is 5.69 Å². The molecule has 1 atom stereocenters. The van der Waals surface area contributed by atoms with Gasteiger partial charge in [0.15, 0.2) is 0 Å². The molecule has 1 fully saturated rings. The maximum absolute atomic E-state index is 10.3. The van der Waals surface area contributed by atoms with Gasteiger partial charge in [-0.1, -0.05) is 6.07 Å². The maximum Gasteiger partial charge on any atom is 0.339 e. The Labute approximate surface area is 135 Å². The monoisotopic (exact) mass is 315 g/mol. The molecule has 4 N–H and O–H groups in total. The van der Waals surface area contributed by atoms with Crippen molar-refractivity contribution >= 4 is 11.7 Å². The molecular formula is C17H21N3O3. The van der Waals surface area contributed by atoms with E-state index in [1.807, 2.05) is 18.5 Å². The standard InChI is InChI=1S/C10H14N2.C7H7NO3/c1-12-7-3-5-10(12)9-4-2-6-11-8-9;8-4-1-2-5(7(10)11)6(9)3-4/h2,4,6,8,10H,3,5,7H2,1H3;1-3,9H,8H2,(H,10,11). The van der Waals surface area contributed by atoms with Crippen LogP contribution in [-0.2, 0) is 0 Å². The Morgan fingerprint density at radius 2 is 2.17 bits per heavy atom. The van der Waals surface area contributed by atoms with Crippen LogP contribution in [0, 0.1) is 0 Å². The van der Waals surface area contributed by atoms with Gasteiger partial charge >= 0.3 is 5.97 Å². The lowest BCUT2D eigenvalue weighted by Gasteiger charge is -2.18. The average molecular weight is 315 g/mol. The SMILES string of the molecule is CN1CCCC1c1cccnc1.Nc1ccc(C(=O)O)c(O)c1. The first-order valence-electron chi connectivity index (χ1n) is 7.41. The van der Waals surface area contributed by atoms with E-state index in [0.29, 0.717) is 11.7 Å². The summed E-state index contributed by atoms with van der Waals surface area (Å²) in [6.07, 6.45) is 6.41.